The Bertz CT molecular complexity index is 3040. The van der Waals surface area contributed by atoms with E-state index in [1.54, 1.807) is 101 Å². The van der Waals surface area contributed by atoms with Crippen LogP contribution in [-0.2, 0) is 19.2 Å². The molecule has 6 N–H and O–H groups in total. The molecule has 7 aromatic rings. The fourth-order valence-corrected chi connectivity index (χ4v) is 8.29. The predicted octanol–water partition coefficient (Wildman–Crippen LogP) is 9.66. The number of aromatic nitrogens is 8. The minimum Gasteiger partial charge on any atom is -0.481 e. The highest BCUT2D eigenvalue weighted by atomic mass is 16.4. The van der Waals surface area contributed by atoms with Gasteiger partial charge in [0.05, 0.1) is 69.2 Å². The number of hydrogen-bond donors (Lipinski definition) is 6. The third-order valence-corrected chi connectivity index (χ3v) is 12.3. The minimum atomic E-state index is -1.04. The summed E-state index contributed by atoms with van der Waals surface area (Å²) in [6, 6.07) is 21.5. The second-order valence-electron chi connectivity index (χ2n) is 16.6. The van der Waals surface area contributed by atoms with Crippen LogP contribution in [0.3, 0.4) is 0 Å². The number of carbonyl (C=O) groups is 4. The number of nitrogens with one attached hydrogen (secondary N) is 2. The van der Waals surface area contributed by atoms with Gasteiger partial charge in [0.25, 0.3) is 0 Å². The maximum absolute atomic E-state index is 12.2. The smallest absolute Gasteiger partial charge is 0.312 e. The molecule has 16 nitrogen and oxygen atoms in total. The zero-order chi connectivity index (χ0) is 48.0. The fraction of sp³-hybridized carbons (Fsp3) is 0.154. The van der Waals surface area contributed by atoms with Crippen molar-refractivity contribution in [3.05, 3.63) is 143 Å². The van der Waals surface area contributed by atoms with E-state index in [0.29, 0.717) is 112 Å². The molecule has 2 aliphatic heterocycles. The zero-order valence-corrected chi connectivity index (χ0v) is 37.0. The lowest BCUT2D eigenvalue weighted by Gasteiger charge is -2.11. The summed E-state index contributed by atoms with van der Waals surface area (Å²) in [4.78, 5) is 84.1. The van der Waals surface area contributed by atoms with Crippen LogP contribution in [0.2, 0.25) is 0 Å². The van der Waals surface area contributed by atoms with Crippen molar-refractivity contribution in [2.24, 2.45) is 0 Å². The van der Waals surface area contributed by atoms with E-state index in [-0.39, 0.29) is 0 Å². The molecular formula is C52H42N8O8. The van der Waals surface area contributed by atoms with E-state index >= 15 is 0 Å². The van der Waals surface area contributed by atoms with E-state index in [1.807, 2.05) is 48.6 Å². The second kappa shape index (κ2) is 17.8. The van der Waals surface area contributed by atoms with E-state index in [4.69, 9.17) is 9.97 Å². The van der Waals surface area contributed by atoms with E-state index in [2.05, 4.69) is 29.9 Å². The van der Waals surface area contributed by atoms with E-state index in [0.717, 1.165) is 0 Å². The Hall–Kier alpha value is -8.92. The summed E-state index contributed by atoms with van der Waals surface area (Å²) in [6.45, 7) is 6.25. The number of rotatable bonds is 12. The Labute approximate surface area is 387 Å². The number of fused-ring (bicyclic) bond motifs is 8. The third kappa shape index (κ3) is 8.30. The van der Waals surface area contributed by atoms with Crippen LogP contribution in [0, 0.1) is 0 Å². The van der Waals surface area contributed by atoms with Crippen molar-refractivity contribution in [2.45, 2.75) is 51.4 Å². The summed E-state index contributed by atoms with van der Waals surface area (Å²) in [5.41, 5.74) is 10.7. The second-order valence-corrected chi connectivity index (χ2v) is 16.6. The Balaban J connectivity index is 1.45. The molecule has 9 rings (SSSR count). The number of carboxylic acids is 4. The topological polar surface area (TPSA) is 258 Å². The largest absolute Gasteiger partial charge is 0.481 e. The molecule has 7 aromatic heterocycles. The van der Waals surface area contributed by atoms with Crippen molar-refractivity contribution >= 4 is 70.2 Å². The highest BCUT2D eigenvalue weighted by Gasteiger charge is 2.24. The molecule has 16 heteroatoms. The Kier molecular flexibility index (Phi) is 11.6. The highest BCUT2D eigenvalue weighted by Crippen LogP contribution is 2.39. The average Bonchev–Trinajstić information content (AvgIpc) is 4.19. The van der Waals surface area contributed by atoms with Crippen molar-refractivity contribution in [1.29, 1.82) is 0 Å². The SMILES string of the molecule is CC(C(=O)O)c1cc(-c2c3nc(c(-c4ccnc(C(C)C(=O)O)c4)c4ccc([nH]4)c(-c4ccnc(C(C)C(=O)O)c4)c4nc(c(-c5ccnc(C(C)C(=O)O)c5)c5ccc2[nH]5)C=C4)C=C3)ccn1. The molecule has 0 saturated heterocycles. The van der Waals surface area contributed by atoms with Gasteiger partial charge in [-0.3, -0.25) is 39.1 Å². The van der Waals surface area contributed by atoms with Gasteiger partial charge < -0.3 is 30.4 Å². The summed E-state index contributed by atoms with van der Waals surface area (Å²) < 4.78 is 0. The molecule has 8 bridgehead atoms. The quantitative estimate of drug-likeness (QED) is 0.0667. The normalized spacial score (nSPS) is 13.7. The fourth-order valence-electron chi connectivity index (χ4n) is 8.29. The van der Waals surface area contributed by atoms with Gasteiger partial charge in [-0.05, 0) is 147 Å². The van der Waals surface area contributed by atoms with Crippen molar-refractivity contribution in [1.82, 2.24) is 39.9 Å². The number of aromatic amines is 2. The van der Waals surface area contributed by atoms with Gasteiger partial charge in [-0.15, -0.1) is 0 Å². The Morgan fingerprint density at radius 2 is 0.603 bits per heavy atom. The van der Waals surface area contributed by atoms with Crippen molar-refractivity contribution in [3.8, 4) is 44.5 Å². The number of H-pyrrole nitrogens is 2. The van der Waals surface area contributed by atoms with Crippen LogP contribution < -0.4 is 0 Å². The molecule has 0 fully saturated rings. The first-order valence-corrected chi connectivity index (χ1v) is 21.6. The van der Waals surface area contributed by atoms with Gasteiger partial charge in [-0.25, -0.2) is 9.97 Å². The van der Waals surface area contributed by atoms with Crippen LogP contribution >= 0.6 is 0 Å². The van der Waals surface area contributed by atoms with Crippen LogP contribution in [0.1, 0.15) is 96.9 Å². The van der Waals surface area contributed by atoms with Crippen LogP contribution in [0.15, 0.2) is 97.6 Å². The molecule has 0 saturated carbocycles. The number of pyridine rings is 4. The Morgan fingerprint density at radius 3 is 0.809 bits per heavy atom. The van der Waals surface area contributed by atoms with Crippen molar-refractivity contribution < 1.29 is 39.6 Å². The lowest BCUT2D eigenvalue weighted by atomic mass is 10.00. The first-order chi connectivity index (χ1) is 32.7. The van der Waals surface area contributed by atoms with Gasteiger partial charge in [0.2, 0.25) is 0 Å². The molecule has 0 radical (unpaired) electrons. The van der Waals surface area contributed by atoms with Gasteiger partial charge >= 0.3 is 23.9 Å². The summed E-state index contributed by atoms with van der Waals surface area (Å²) >= 11 is 0. The molecule has 4 unspecified atom stereocenters. The minimum absolute atomic E-state index is 0.333. The lowest BCUT2D eigenvalue weighted by Crippen LogP contribution is -2.09. The lowest BCUT2D eigenvalue weighted by molar-refractivity contribution is -0.139. The zero-order valence-electron chi connectivity index (χ0n) is 37.0. The molecule has 0 aliphatic carbocycles. The first-order valence-electron chi connectivity index (χ1n) is 21.6. The molecule has 9 heterocycles. The number of aliphatic carboxylic acids is 4. The molecule has 68 heavy (non-hydrogen) atoms. The number of nitrogens with zero attached hydrogens (tertiary/aromatic N) is 6. The van der Waals surface area contributed by atoms with Crippen LogP contribution in [-0.4, -0.2) is 84.2 Å². The molecule has 0 aromatic carbocycles. The summed E-state index contributed by atoms with van der Waals surface area (Å²) in [6.07, 6.45) is 13.6. The third-order valence-electron chi connectivity index (χ3n) is 12.3. The molecule has 0 amide bonds. The molecule has 0 spiro atoms. The molecule has 338 valence electrons. The summed E-state index contributed by atoms with van der Waals surface area (Å²) in [7, 11) is 0. The first kappa shape index (κ1) is 44.3. The van der Waals surface area contributed by atoms with E-state index < -0.39 is 47.5 Å². The van der Waals surface area contributed by atoms with E-state index in [1.165, 1.54) is 0 Å². The van der Waals surface area contributed by atoms with Crippen LogP contribution in [0.5, 0.6) is 0 Å². The number of carboxylic acid groups (broad SMARTS) is 4. The van der Waals surface area contributed by atoms with Gasteiger partial charge in [-0.2, -0.15) is 0 Å². The van der Waals surface area contributed by atoms with Gasteiger partial charge in [0.15, 0.2) is 0 Å². The van der Waals surface area contributed by atoms with Gasteiger partial charge in [-0.1, -0.05) is 0 Å². The Morgan fingerprint density at radius 1 is 0.382 bits per heavy atom. The maximum Gasteiger partial charge on any atom is 0.312 e. The van der Waals surface area contributed by atoms with Crippen LogP contribution in [0.25, 0.3) is 90.9 Å². The maximum atomic E-state index is 12.2. The van der Waals surface area contributed by atoms with Crippen molar-refractivity contribution in [3.63, 3.8) is 0 Å². The standard InChI is InChI=1S/C52H42N8O8/c1-25(49(61)62)41-21-29(13-17-53-41)45-33-5-7-35(57-33)46(30-14-18-54-42(22-30)26(2)50(63)64)37-9-11-39(59-37)48(32-16-20-56-44(24-32)28(4)52(67)68)40-12-10-38(60-40)47(36-8-6-34(45)58-36)31-15-19-55-43(23-31)27(3)51(65)66/h5-28,57,60H,1-4H3,(H,61,62)(H,63,64)(H,65,66)(H,67,68). The summed E-state index contributed by atoms with van der Waals surface area (Å²) in [5.74, 6) is -7.85. The van der Waals surface area contributed by atoms with Gasteiger partial charge in [0, 0.05) is 69.1 Å². The van der Waals surface area contributed by atoms with Crippen molar-refractivity contribution in [2.75, 3.05) is 0 Å². The average molecular weight is 907 g/mol. The van der Waals surface area contributed by atoms with Gasteiger partial charge in [0.1, 0.15) is 0 Å². The molecule has 2 aliphatic rings. The monoisotopic (exact) mass is 906 g/mol. The summed E-state index contributed by atoms with van der Waals surface area (Å²) in [5, 5.41) is 39.9. The molecular weight excluding hydrogens is 865 g/mol. The molecule has 4 atom stereocenters. The highest BCUT2D eigenvalue weighted by molar-refractivity contribution is 6.00. The van der Waals surface area contributed by atoms with Crippen LogP contribution in [0.4, 0.5) is 0 Å². The predicted molar refractivity (Wildman–Crippen MR) is 256 cm³/mol. The number of hydrogen-bond acceptors (Lipinski definition) is 10. The van der Waals surface area contributed by atoms with E-state index in [9.17, 15) is 39.6 Å².